The summed E-state index contributed by atoms with van der Waals surface area (Å²) in [4.78, 5) is 7.14. The smallest absolute Gasteiger partial charge is 0.194 e. The lowest BCUT2D eigenvalue weighted by molar-refractivity contribution is -0.00804. The minimum Gasteiger partial charge on any atom is -0.370 e. The normalized spacial score (nSPS) is 20.0. The maximum atomic E-state index is 5.92. The van der Waals surface area contributed by atoms with Crippen molar-refractivity contribution in [3.63, 3.8) is 0 Å². The molecule has 1 fully saturated rings. The molecule has 1 saturated heterocycles. The van der Waals surface area contributed by atoms with E-state index in [2.05, 4.69) is 42.3 Å². The van der Waals surface area contributed by atoms with Gasteiger partial charge in [0.15, 0.2) is 5.96 Å². The molecule has 130 valence electrons. The summed E-state index contributed by atoms with van der Waals surface area (Å²) < 4.78 is 7.89. The van der Waals surface area contributed by atoms with E-state index in [1.165, 1.54) is 0 Å². The van der Waals surface area contributed by atoms with Gasteiger partial charge in [-0.15, -0.1) is 0 Å². The summed E-state index contributed by atoms with van der Waals surface area (Å²) >= 11 is 1.84. The van der Waals surface area contributed by atoms with Crippen LogP contribution >= 0.6 is 11.8 Å². The predicted molar refractivity (Wildman–Crippen MR) is 97.0 cm³/mol. The number of ether oxygens (including phenoxy) is 1. The summed E-state index contributed by atoms with van der Waals surface area (Å²) in [5, 5.41) is 7.66. The van der Waals surface area contributed by atoms with Crippen LogP contribution in [0.2, 0.25) is 0 Å². The molecular weight excluding hydrogens is 310 g/mol. The van der Waals surface area contributed by atoms with Crippen molar-refractivity contribution in [3.8, 4) is 0 Å². The number of rotatable bonds is 5. The number of hydrogen-bond donors (Lipinski definition) is 1. The highest BCUT2D eigenvalue weighted by Crippen LogP contribution is 2.23. The lowest BCUT2D eigenvalue weighted by atomic mass is 10.1. The molecule has 1 unspecified atom stereocenters. The number of morpholine rings is 1. The van der Waals surface area contributed by atoms with Crippen LogP contribution in [0, 0.1) is 0 Å². The maximum absolute atomic E-state index is 5.92. The van der Waals surface area contributed by atoms with Gasteiger partial charge in [0.25, 0.3) is 0 Å². The number of thioether (sulfide) groups is 1. The van der Waals surface area contributed by atoms with Gasteiger partial charge in [0, 0.05) is 36.6 Å². The van der Waals surface area contributed by atoms with Crippen LogP contribution in [0.5, 0.6) is 0 Å². The summed E-state index contributed by atoms with van der Waals surface area (Å²) in [5.74, 6) is 0.979. The third-order valence-electron chi connectivity index (χ3n) is 3.96. The van der Waals surface area contributed by atoms with Crippen molar-refractivity contribution >= 4 is 17.7 Å². The van der Waals surface area contributed by atoms with Crippen molar-refractivity contribution in [3.05, 3.63) is 18.0 Å². The lowest BCUT2D eigenvalue weighted by Gasteiger charge is -2.35. The fourth-order valence-electron chi connectivity index (χ4n) is 2.41. The highest BCUT2D eigenvalue weighted by molar-refractivity contribution is 7.99. The van der Waals surface area contributed by atoms with Crippen molar-refractivity contribution in [2.45, 2.75) is 31.6 Å². The zero-order valence-corrected chi connectivity index (χ0v) is 15.7. The number of hydrogen-bond acceptors (Lipinski definition) is 4. The first-order valence-electron chi connectivity index (χ1n) is 8.13. The van der Waals surface area contributed by atoms with Gasteiger partial charge in [0.1, 0.15) is 6.10 Å². The van der Waals surface area contributed by atoms with Gasteiger partial charge in [-0.25, -0.2) is 0 Å². The van der Waals surface area contributed by atoms with Crippen LogP contribution < -0.4 is 5.32 Å². The molecule has 2 rings (SSSR count). The highest BCUT2D eigenvalue weighted by atomic mass is 32.2. The molecule has 1 aromatic rings. The predicted octanol–water partition coefficient (Wildman–Crippen LogP) is 1.90. The van der Waals surface area contributed by atoms with Crippen LogP contribution in [0.1, 0.15) is 32.4 Å². The number of nitrogens with one attached hydrogen (secondary N) is 1. The van der Waals surface area contributed by atoms with Crippen molar-refractivity contribution in [1.29, 1.82) is 0 Å². The van der Waals surface area contributed by atoms with Crippen LogP contribution in [0.4, 0.5) is 0 Å². The van der Waals surface area contributed by atoms with Crippen LogP contribution in [-0.2, 0) is 11.8 Å². The minimum absolute atomic E-state index is 0.0508. The Labute approximate surface area is 143 Å². The first-order chi connectivity index (χ1) is 10.9. The molecule has 7 heteroatoms. The van der Waals surface area contributed by atoms with Crippen LogP contribution in [0.15, 0.2) is 17.4 Å². The first kappa shape index (κ1) is 18.1. The van der Waals surface area contributed by atoms with Gasteiger partial charge >= 0.3 is 0 Å². The quantitative estimate of drug-likeness (QED) is 0.656. The van der Waals surface area contributed by atoms with Crippen molar-refractivity contribution in [1.82, 2.24) is 20.0 Å². The van der Waals surface area contributed by atoms with Gasteiger partial charge < -0.3 is 15.0 Å². The summed E-state index contributed by atoms with van der Waals surface area (Å²) in [6, 6.07) is 0. The van der Waals surface area contributed by atoms with E-state index in [0.29, 0.717) is 6.61 Å². The monoisotopic (exact) mass is 339 g/mol. The van der Waals surface area contributed by atoms with Gasteiger partial charge in [-0.2, -0.15) is 16.9 Å². The Morgan fingerprint density at radius 3 is 2.96 bits per heavy atom. The molecule has 0 aliphatic carbocycles. The number of aryl methyl sites for hydroxylation is 1. The lowest BCUT2D eigenvalue weighted by Crippen LogP contribution is -2.48. The molecule has 0 bridgehead atoms. The molecule has 1 aliphatic rings. The molecule has 2 heterocycles. The Morgan fingerprint density at radius 2 is 2.35 bits per heavy atom. The Morgan fingerprint density at radius 1 is 1.57 bits per heavy atom. The third kappa shape index (κ3) is 5.14. The van der Waals surface area contributed by atoms with Crippen molar-refractivity contribution in [2.24, 2.45) is 12.0 Å². The molecule has 23 heavy (non-hydrogen) atoms. The number of aliphatic imine (C=N–C) groups is 1. The molecule has 6 nitrogen and oxygen atoms in total. The average molecular weight is 340 g/mol. The molecule has 0 saturated carbocycles. The second kappa shape index (κ2) is 8.06. The molecule has 0 spiro atoms. The zero-order valence-electron chi connectivity index (χ0n) is 14.9. The average Bonchev–Trinajstić information content (AvgIpc) is 2.98. The SMILES string of the molecule is CCNC(=NCC(C)(C)SC)N1CCOC(c2cnn(C)c2)C1. The second-order valence-corrected chi connectivity index (χ2v) is 7.90. The molecule has 1 atom stereocenters. The number of aromatic nitrogens is 2. The van der Waals surface area contributed by atoms with E-state index in [9.17, 15) is 0 Å². The third-order valence-corrected chi connectivity index (χ3v) is 5.19. The van der Waals surface area contributed by atoms with Crippen LogP contribution in [0.3, 0.4) is 0 Å². The molecule has 0 aromatic carbocycles. The Kier molecular flexibility index (Phi) is 6.35. The molecular formula is C16H29N5OS. The van der Waals surface area contributed by atoms with E-state index >= 15 is 0 Å². The van der Waals surface area contributed by atoms with Gasteiger partial charge in [-0.1, -0.05) is 0 Å². The van der Waals surface area contributed by atoms with Crippen LogP contribution in [0.25, 0.3) is 0 Å². The zero-order chi connectivity index (χ0) is 16.9. The largest absolute Gasteiger partial charge is 0.370 e. The summed E-state index contributed by atoms with van der Waals surface area (Å²) in [6.07, 6.45) is 6.09. The standard InChI is InChI=1S/C16H29N5OS/c1-6-17-15(18-12-16(2,3)23-5)21-7-8-22-14(11-21)13-9-19-20(4)10-13/h9-10,14H,6-8,11-12H2,1-5H3,(H,17,18). The fraction of sp³-hybridized carbons (Fsp3) is 0.750. The van der Waals surface area contributed by atoms with E-state index < -0.39 is 0 Å². The van der Waals surface area contributed by atoms with Gasteiger partial charge in [0.05, 0.1) is 25.9 Å². The molecule has 0 amide bonds. The van der Waals surface area contributed by atoms with E-state index in [1.807, 2.05) is 35.9 Å². The Balaban J connectivity index is 2.07. The maximum Gasteiger partial charge on any atom is 0.194 e. The van der Waals surface area contributed by atoms with E-state index in [0.717, 1.165) is 37.7 Å². The molecule has 1 aromatic heterocycles. The summed E-state index contributed by atoms with van der Waals surface area (Å²) in [5.41, 5.74) is 1.12. The highest BCUT2D eigenvalue weighted by Gasteiger charge is 2.25. The van der Waals surface area contributed by atoms with Crippen LogP contribution in [-0.4, -0.2) is 64.4 Å². The van der Waals surface area contributed by atoms with Gasteiger partial charge in [0.2, 0.25) is 0 Å². The summed E-state index contributed by atoms with van der Waals surface area (Å²) in [7, 11) is 1.93. The van der Waals surface area contributed by atoms with E-state index in [4.69, 9.17) is 9.73 Å². The van der Waals surface area contributed by atoms with Gasteiger partial charge in [-0.05, 0) is 27.0 Å². The Bertz CT molecular complexity index is 528. The Hall–Kier alpha value is -1.21. The van der Waals surface area contributed by atoms with Crippen molar-refractivity contribution < 1.29 is 4.74 Å². The molecule has 0 radical (unpaired) electrons. The van der Waals surface area contributed by atoms with Crippen molar-refractivity contribution in [2.75, 3.05) is 39.0 Å². The summed E-state index contributed by atoms with van der Waals surface area (Å²) in [6.45, 7) is 10.6. The first-order valence-corrected chi connectivity index (χ1v) is 9.36. The second-order valence-electron chi connectivity index (χ2n) is 6.39. The van der Waals surface area contributed by atoms with Gasteiger partial charge in [-0.3, -0.25) is 9.67 Å². The molecule has 1 N–H and O–H groups in total. The minimum atomic E-state index is 0.0508. The fourth-order valence-corrected chi connectivity index (χ4v) is 2.60. The number of nitrogens with zero attached hydrogens (tertiary/aromatic N) is 4. The topological polar surface area (TPSA) is 54.7 Å². The molecule has 1 aliphatic heterocycles. The number of guanidine groups is 1. The van der Waals surface area contributed by atoms with E-state index in [1.54, 1.807) is 0 Å². The van der Waals surface area contributed by atoms with E-state index in [-0.39, 0.29) is 10.9 Å².